The highest BCUT2D eigenvalue weighted by molar-refractivity contribution is 7.99. The lowest BCUT2D eigenvalue weighted by Gasteiger charge is -2.30. The number of thiophene rings is 1. The summed E-state index contributed by atoms with van der Waals surface area (Å²) in [6.07, 6.45) is 1.72. The van der Waals surface area contributed by atoms with E-state index in [4.69, 9.17) is 4.42 Å². The number of hydrogen-bond acceptors (Lipinski definition) is 8. The van der Waals surface area contributed by atoms with E-state index in [-0.39, 0.29) is 11.8 Å². The summed E-state index contributed by atoms with van der Waals surface area (Å²) in [6, 6.07) is 11.9. The van der Waals surface area contributed by atoms with Crippen molar-refractivity contribution < 1.29 is 9.21 Å². The first-order valence-electron chi connectivity index (χ1n) is 9.81. The first-order valence-corrected chi connectivity index (χ1v) is 11.7. The van der Waals surface area contributed by atoms with E-state index in [1.54, 1.807) is 16.0 Å². The predicted molar refractivity (Wildman–Crippen MR) is 115 cm³/mol. The topological polar surface area (TPSA) is 89.9 Å². The maximum atomic E-state index is 12.7. The van der Waals surface area contributed by atoms with Gasteiger partial charge in [0.1, 0.15) is 5.52 Å². The number of para-hydroxylation sites is 2. The third-order valence-electron chi connectivity index (χ3n) is 5.22. The number of likely N-dealkylation sites (tertiary alicyclic amines) is 1. The molecule has 4 heterocycles. The number of amides is 1. The van der Waals surface area contributed by atoms with Gasteiger partial charge in [-0.25, -0.2) is 9.67 Å². The second kappa shape index (κ2) is 8.57. The predicted octanol–water partition coefficient (Wildman–Crippen LogP) is 3.42. The summed E-state index contributed by atoms with van der Waals surface area (Å²) in [5.41, 5.74) is 1.71. The van der Waals surface area contributed by atoms with Gasteiger partial charge in [0.25, 0.3) is 0 Å². The number of hydrogen-bond donors (Lipinski definition) is 0. The summed E-state index contributed by atoms with van der Waals surface area (Å²) < 4.78 is 7.65. The van der Waals surface area contributed by atoms with Crippen molar-refractivity contribution in [2.45, 2.75) is 30.5 Å². The number of nitrogens with zero attached hydrogens (tertiary/aromatic N) is 6. The Morgan fingerprint density at radius 1 is 1.20 bits per heavy atom. The highest BCUT2D eigenvalue weighted by atomic mass is 32.2. The van der Waals surface area contributed by atoms with Crippen LogP contribution in [0.3, 0.4) is 0 Å². The van der Waals surface area contributed by atoms with Crippen LogP contribution in [0.1, 0.15) is 29.5 Å². The van der Waals surface area contributed by atoms with E-state index < -0.39 is 0 Å². The van der Waals surface area contributed by atoms with Gasteiger partial charge in [-0.1, -0.05) is 30.0 Å². The minimum absolute atomic E-state index is 0.113. The number of carbonyl (C=O) groups is 1. The van der Waals surface area contributed by atoms with Gasteiger partial charge in [-0.3, -0.25) is 4.79 Å². The third kappa shape index (κ3) is 4.10. The number of fused-ring (bicyclic) bond motifs is 1. The molecule has 154 valence electrons. The summed E-state index contributed by atoms with van der Waals surface area (Å²) >= 11 is 3.05. The fourth-order valence-electron chi connectivity index (χ4n) is 3.61. The minimum atomic E-state index is 0.113. The zero-order chi connectivity index (χ0) is 20.3. The minimum Gasteiger partial charge on any atom is -0.440 e. The van der Waals surface area contributed by atoms with Crippen LogP contribution < -0.4 is 0 Å². The Hall–Kier alpha value is -2.72. The fourth-order valence-corrected chi connectivity index (χ4v) is 5.07. The normalized spacial score (nSPS) is 15.1. The molecule has 1 aliphatic rings. The quantitative estimate of drug-likeness (QED) is 0.424. The summed E-state index contributed by atoms with van der Waals surface area (Å²) in [7, 11) is 0. The third-order valence-corrected chi connectivity index (χ3v) is 7.02. The van der Waals surface area contributed by atoms with Gasteiger partial charge in [0, 0.05) is 23.9 Å². The van der Waals surface area contributed by atoms with Crippen molar-refractivity contribution in [3.63, 3.8) is 0 Å². The molecule has 1 amide bonds. The van der Waals surface area contributed by atoms with Gasteiger partial charge in [0.15, 0.2) is 11.5 Å². The molecule has 0 aliphatic carbocycles. The van der Waals surface area contributed by atoms with Gasteiger partial charge >= 0.3 is 0 Å². The van der Waals surface area contributed by atoms with E-state index in [0.717, 1.165) is 29.8 Å². The van der Waals surface area contributed by atoms with Crippen molar-refractivity contribution in [2.75, 3.05) is 18.8 Å². The van der Waals surface area contributed by atoms with Crippen LogP contribution in [-0.2, 0) is 11.3 Å². The monoisotopic (exact) mass is 440 g/mol. The summed E-state index contributed by atoms with van der Waals surface area (Å²) in [4.78, 5) is 20.4. The molecule has 10 heteroatoms. The van der Waals surface area contributed by atoms with E-state index in [2.05, 4.69) is 20.5 Å². The van der Waals surface area contributed by atoms with E-state index in [1.165, 1.54) is 16.6 Å². The van der Waals surface area contributed by atoms with Crippen molar-refractivity contribution in [1.82, 2.24) is 30.1 Å². The number of carbonyl (C=O) groups excluding carboxylic acids is 1. The van der Waals surface area contributed by atoms with Gasteiger partial charge in [-0.15, -0.1) is 16.4 Å². The largest absolute Gasteiger partial charge is 0.440 e. The number of thioether (sulfide) groups is 1. The zero-order valence-electron chi connectivity index (χ0n) is 16.2. The molecule has 0 spiro atoms. The number of rotatable bonds is 6. The van der Waals surface area contributed by atoms with Crippen molar-refractivity contribution in [3.05, 3.63) is 52.5 Å². The molecule has 30 heavy (non-hydrogen) atoms. The van der Waals surface area contributed by atoms with Gasteiger partial charge < -0.3 is 9.32 Å². The standard InChI is InChI=1S/C20H20N6O2S2/c27-18(13-30-20-22-23-24-26(20)12-15-4-3-11-29-15)25-9-7-14(8-10-25)19-21-16-5-1-2-6-17(16)28-19/h1-6,11,14H,7-10,12-13H2. The van der Waals surface area contributed by atoms with E-state index in [1.807, 2.05) is 46.7 Å². The maximum Gasteiger partial charge on any atom is 0.233 e. The molecule has 1 aliphatic heterocycles. The lowest BCUT2D eigenvalue weighted by Crippen LogP contribution is -2.39. The van der Waals surface area contributed by atoms with Crippen LogP contribution >= 0.6 is 23.1 Å². The molecular weight excluding hydrogens is 420 g/mol. The summed E-state index contributed by atoms with van der Waals surface area (Å²) in [5, 5.41) is 14.6. The van der Waals surface area contributed by atoms with Crippen LogP contribution in [0.4, 0.5) is 0 Å². The second-order valence-electron chi connectivity index (χ2n) is 7.16. The first-order chi connectivity index (χ1) is 14.8. The van der Waals surface area contributed by atoms with Crippen molar-refractivity contribution in [3.8, 4) is 0 Å². The molecule has 1 aromatic carbocycles. The smallest absolute Gasteiger partial charge is 0.233 e. The Balaban J connectivity index is 1.14. The van der Waals surface area contributed by atoms with Gasteiger partial charge in [-0.05, 0) is 46.8 Å². The molecule has 0 radical (unpaired) electrons. The van der Waals surface area contributed by atoms with Crippen molar-refractivity contribution >= 4 is 40.1 Å². The maximum absolute atomic E-state index is 12.7. The summed E-state index contributed by atoms with van der Waals surface area (Å²) in [5.74, 6) is 1.48. The first kappa shape index (κ1) is 19.3. The molecule has 3 aromatic heterocycles. The second-order valence-corrected chi connectivity index (χ2v) is 9.14. The molecule has 0 saturated carbocycles. The van der Waals surface area contributed by atoms with Crippen molar-refractivity contribution in [1.29, 1.82) is 0 Å². The lowest BCUT2D eigenvalue weighted by atomic mass is 9.97. The van der Waals surface area contributed by atoms with E-state index in [0.29, 0.717) is 30.5 Å². The van der Waals surface area contributed by atoms with Crippen LogP contribution in [0.5, 0.6) is 0 Å². The molecule has 4 aromatic rings. The number of tetrazole rings is 1. The van der Waals surface area contributed by atoms with Gasteiger partial charge in [0.05, 0.1) is 12.3 Å². The Bertz CT molecular complexity index is 1100. The fraction of sp³-hybridized carbons (Fsp3) is 0.350. The average molecular weight is 441 g/mol. The van der Waals surface area contributed by atoms with Gasteiger partial charge in [-0.2, -0.15) is 0 Å². The molecule has 0 N–H and O–H groups in total. The van der Waals surface area contributed by atoms with Crippen LogP contribution in [-0.4, -0.2) is 54.8 Å². The Labute approximate surface area is 181 Å². The van der Waals surface area contributed by atoms with Gasteiger partial charge in [0.2, 0.25) is 11.1 Å². The zero-order valence-corrected chi connectivity index (χ0v) is 17.8. The van der Waals surface area contributed by atoms with Crippen LogP contribution in [0.25, 0.3) is 11.1 Å². The number of piperidine rings is 1. The molecule has 1 saturated heterocycles. The molecule has 1 fully saturated rings. The number of aromatic nitrogens is 5. The molecular formula is C20H20N6O2S2. The van der Waals surface area contributed by atoms with E-state index in [9.17, 15) is 4.79 Å². The lowest BCUT2D eigenvalue weighted by molar-refractivity contribution is -0.129. The van der Waals surface area contributed by atoms with Crippen molar-refractivity contribution in [2.24, 2.45) is 0 Å². The molecule has 0 atom stereocenters. The molecule has 8 nitrogen and oxygen atoms in total. The Morgan fingerprint density at radius 2 is 2.07 bits per heavy atom. The Kier molecular flexibility index (Phi) is 5.50. The summed E-state index contributed by atoms with van der Waals surface area (Å²) in [6.45, 7) is 2.04. The SMILES string of the molecule is O=C(CSc1nnnn1Cc1cccs1)N1CCC(c2nc3ccccc3o2)CC1. The molecule has 0 unspecified atom stereocenters. The highest BCUT2D eigenvalue weighted by Gasteiger charge is 2.27. The van der Waals surface area contributed by atoms with Crippen LogP contribution in [0.2, 0.25) is 0 Å². The number of benzene rings is 1. The van der Waals surface area contributed by atoms with Crippen LogP contribution in [0.15, 0.2) is 51.4 Å². The Morgan fingerprint density at radius 3 is 2.87 bits per heavy atom. The van der Waals surface area contributed by atoms with E-state index >= 15 is 0 Å². The molecule has 5 rings (SSSR count). The average Bonchev–Trinajstić information content (AvgIpc) is 3.53. The molecule has 0 bridgehead atoms. The highest BCUT2D eigenvalue weighted by Crippen LogP contribution is 2.30. The van der Waals surface area contributed by atoms with Crippen LogP contribution in [0, 0.1) is 0 Å². The number of oxazole rings is 1.